The van der Waals surface area contributed by atoms with Crippen LogP contribution in [-0.2, 0) is 17.8 Å². The van der Waals surface area contributed by atoms with E-state index in [0.717, 1.165) is 39.0 Å². The number of benzene rings is 1. The lowest BCUT2D eigenvalue weighted by atomic mass is 9.98. The normalized spacial score (nSPS) is 20.8. The molecule has 0 radical (unpaired) electrons. The number of carbonyl (C=O) groups is 1. The second-order valence-electron chi connectivity index (χ2n) is 5.84. The average molecular weight is 374 g/mol. The largest absolute Gasteiger partial charge is 0.338 e. The van der Waals surface area contributed by atoms with Gasteiger partial charge in [-0.1, -0.05) is 28.1 Å². The summed E-state index contributed by atoms with van der Waals surface area (Å²) in [6.45, 7) is 3.83. The van der Waals surface area contributed by atoms with Crippen molar-refractivity contribution in [3.63, 3.8) is 0 Å². The van der Waals surface area contributed by atoms with Gasteiger partial charge in [0.05, 0.1) is 0 Å². The summed E-state index contributed by atoms with van der Waals surface area (Å²) in [6, 6.07) is 6.28. The average Bonchev–Trinajstić information content (AvgIpc) is 2.98. The molecule has 0 bridgehead atoms. The van der Waals surface area contributed by atoms with Gasteiger partial charge in [0, 0.05) is 24.0 Å². The van der Waals surface area contributed by atoms with E-state index < -0.39 is 0 Å². The Hall–Kier alpha value is -0.580. The quantitative estimate of drug-likeness (QED) is 0.883. The molecular weight excluding hydrogens is 352 g/mol. The summed E-state index contributed by atoms with van der Waals surface area (Å²) in [7, 11) is 0. The van der Waals surface area contributed by atoms with E-state index in [9.17, 15) is 4.79 Å². The highest BCUT2D eigenvalue weighted by molar-refractivity contribution is 9.10. The number of halogens is 2. The Morgan fingerprint density at radius 1 is 1.43 bits per heavy atom. The summed E-state index contributed by atoms with van der Waals surface area (Å²) in [5.74, 6) is 1.02. The van der Waals surface area contributed by atoms with E-state index in [1.165, 1.54) is 22.0 Å². The number of amides is 1. The van der Waals surface area contributed by atoms with E-state index in [1.807, 2.05) is 4.90 Å². The van der Waals surface area contributed by atoms with E-state index in [4.69, 9.17) is 0 Å². The van der Waals surface area contributed by atoms with E-state index in [1.54, 1.807) is 0 Å². The number of hydrogen-bond donors (Lipinski definition) is 1. The highest BCUT2D eigenvalue weighted by atomic mass is 79.9. The minimum atomic E-state index is 0. The molecule has 1 N–H and O–H groups in total. The Morgan fingerprint density at radius 3 is 3.05 bits per heavy atom. The maximum atomic E-state index is 12.3. The van der Waals surface area contributed by atoms with Gasteiger partial charge in [-0.15, -0.1) is 12.4 Å². The van der Waals surface area contributed by atoms with Crippen molar-refractivity contribution in [3.05, 3.63) is 33.8 Å². The number of fused-ring (bicyclic) bond motifs is 1. The minimum absolute atomic E-state index is 0. The second-order valence-corrected chi connectivity index (χ2v) is 6.69. The maximum Gasteiger partial charge on any atom is 0.222 e. The lowest BCUT2D eigenvalue weighted by molar-refractivity contribution is -0.132. The molecule has 5 heteroatoms. The first-order chi connectivity index (χ1) is 9.74. The van der Waals surface area contributed by atoms with Gasteiger partial charge in [-0.2, -0.15) is 0 Å². The van der Waals surface area contributed by atoms with Gasteiger partial charge in [-0.25, -0.2) is 0 Å². The van der Waals surface area contributed by atoms with E-state index in [0.29, 0.717) is 18.2 Å². The van der Waals surface area contributed by atoms with Crippen LogP contribution < -0.4 is 5.32 Å². The van der Waals surface area contributed by atoms with E-state index >= 15 is 0 Å². The smallest absolute Gasteiger partial charge is 0.222 e. The molecule has 3 rings (SSSR count). The summed E-state index contributed by atoms with van der Waals surface area (Å²) in [4.78, 5) is 14.4. The van der Waals surface area contributed by atoms with Crippen LogP contribution in [-0.4, -0.2) is 30.4 Å². The van der Waals surface area contributed by atoms with Gasteiger partial charge >= 0.3 is 0 Å². The van der Waals surface area contributed by atoms with Crippen molar-refractivity contribution >= 4 is 34.2 Å². The van der Waals surface area contributed by atoms with Crippen molar-refractivity contribution in [2.75, 3.05) is 19.6 Å². The number of rotatable bonds is 3. The van der Waals surface area contributed by atoms with Crippen molar-refractivity contribution < 1.29 is 4.79 Å². The fourth-order valence-corrected chi connectivity index (χ4v) is 3.83. The topological polar surface area (TPSA) is 32.3 Å². The Morgan fingerprint density at radius 2 is 2.29 bits per heavy atom. The predicted molar refractivity (Wildman–Crippen MR) is 90.7 cm³/mol. The molecule has 21 heavy (non-hydrogen) atoms. The predicted octanol–water partition coefficient (Wildman–Crippen LogP) is 3.15. The first-order valence-electron chi connectivity index (χ1n) is 7.49. The van der Waals surface area contributed by atoms with Gasteiger partial charge in [0.2, 0.25) is 5.91 Å². The van der Waals surface area contributed by atoms with Gasteiger partial charge < -0.3 is 10.2 Å². The Bertz CT molecular complexity index is 503. The Kier molecular flexibility index (Phi) is 6.08. The lowest BCUT2D eigenvalue weighted by Gasteiger charge is -2.30. The molecule has 3 nitrogen and oxygen atoms in total. The molecule has 1 atom stereocenters. The highest BCUT2D eigenvalue weighted by Crippen LogP contribution is 2.27. The SMILES string of the molecule is Cl.O=C(CCC1CCNC1)N1CCc2c(Br)cccc2C1. The van der Waals surface area contributed by atoms with E-state index in [-0.39, 0.29) is 12.4 Å². The molecule has 1 saturated heterocycles. The molecule has 0 spiro atoms. The molecular formula is C16H22BrClN2O. The van der Waals surface area contributed by atoms with Gasteiger partial charge in [0.15, 0.2) is 0 Å². The van der Waals surface area contributed by atoms with Crippen molar-refractivity contribution in [1.29, 1.82) is 0 Å². The van der Waals surface area contributed by atoms with Gasteiger partial charge in [0.25, 0.3) is 0 Å². The van der Waals surface area contributed by atoms with Crippen LogP contribution in [0.5, 0.6) is 0 Å². The molecule has 2 aliphatic rings. The van der Waals surface area contributed by atoms with Crippen LogP contribution in [0.3, 0.4) is 0 Å². The van der Waals surface area contributed by atoms with Crippen LogP contribution in [0.15, 0.2) is 22.7 Å². The summed E-state index contributed by atoms with van der Waals surface area (Å²) in [5.41, 5.74) is 2.66. The molecule has 0 aliphatic carbocycles. The third-order valence-corrected chi connectivity index (χ3v) is 5.23. The fourth-order valence-electron chi connectivity index (χ4n) is 3.22. The summed E-state index contributed by atoms with van der Waals surface area (Å²) in [5, 5.41) is 3.36. The van der Waals surface area contributed by atoms with Crippen LogP contribution in [0.4, 0.5) is 0 Å². The van der Waals surface area contributed by atoms with E-state index in [2.05, 4.69) is 39.4 Å². The zero-order chi connectivity index (χ0) is 13.9. The molecule has 1 unspecified atom stereocenters. The molecule has 1 aromatic carbocycles. The maximum absolute atomic E-state index is 12.3. The first-order valence-corrected chi connectivity index (χ1v) is 8.28. The molecule has 1 fully saturated rings. The lowest BCUT2D eigenvalue weighted by Crippen LogP contribution is -2.36. The second kappa shape index (κ2) is 7.61. The molecule has 2 heterocycles. The monoisotopic (exact) mass is 372 g/mol. The van der Waals surface area contributed by atoms with Gasteiger partial charge in [0.1, 0.15) is 0 Å². The van der Waals surface area contributed by atoms with Crippen LogP contribution in [0.25, 0.3) is 0 Å². The van der Waals surface area contributed by atoms with Crippen LogP contribution >= 0.6 is 28.3 Å². The fraction of sp³-hybridized carbons (Fsp3) is 0.562. The third-order valence-electron chi connectivity index (χ3n) is 4.49. The molecule has 1 aromatic rings. The van der Waals surface area contributed by atoms with Crippen molar-refractivity contribution in [2.24, 2.45) is 5.92 Å². The molecule has 116 valence electrons. The summed E-state index contributed by atoms with van der Waals surface area (Å²) < 4.78 is 1.18. The van der Waals surface area contributed by atoms with Crippen LogP contribution in [0.1, 0.15) is 30.4 Å². The minimum Gasteiger partial charge on any atom is -0.338 e. The zero-order valence-corrected chi connectivity index (χ0v) is 14.5. The highest BCUT2D eigenvalue weighted by Gasteiger charge is 2.23. The zero-order valence-electron chi connectivity index (χ0n) is 12.1. The first kappa shape index (κ1) is 16.8. The number of nitrogens with one attached hydrogen (secondary N) is 1. The molecule has 1 amide bonds. The number of hydrogen-bond acceptors (Lipinski definition) is 2. The summed E-state index contributed by atoms with van der Waals surface area (Å²) in [6.07, 6.45) is 3.93. The number of carbonyl (C=O) groups excluding carboxylic acids is 1. The number of nitrogens with zero attached hydrogens (tertiary/aromatic N) is 1. The van der Waals surface area contributed by atoms with Crippen LogP contribution in [0.2, 0.25) is 0 Å². The van der Waals surface area contributed by atoms with Crippen molar-refractivity contribution in [2.45, 2.75) is 32.2 Å². The van der Waals surface area contributed by atoms with Gasteiger partial charge in [-0.3, -0.25) is 4.79 Å². The molecule has 2 aliphatic heterocycles. The van der Waals surface area contributed by atoms with Crippen molar-refractivity contribution in [1.82, 2.24) is 10.2 Å². The summed E-state index contributed by atoms with van der Waals surface area (Å²) >= 11 is 3.60. The third kappa shape index (κ3) is 3.99. The van der Waals surface area contributed by atoms with Crippen LogP contribution in [0, 0.1) is 5.92 Å². The van der Waals surface area contributed by atoms with Gasteiger partial charge in [-0.05, 0) is 55.5 Å². The molecule has 0 saturated carbocycles. The van der Waals surface area contributed by atoms with Crippen molar-refractivity contribution in [3.8, 4) is 0 Å². The standard InChI is InChI=1S/C16H21BrN2O.ClH/c17-15-3-1-2-13-11-19(9-7-14(13)15)16(20)5-4-12-6-8-18-10-12;/h1-3,12,18H,4-11H2;1H. The molecule has 0 aromatic heterocycles. The Balaban J connectivity index is 0.00000161. The Labute approximate surface area is 141 Å².